The van der Waals surface area contributed by atoms with Gasteiger partial charge in [-0.05, 0) is 64.1 Å². The van der Waals surface area contributed by atoms with Crippen molar-refractivity contribution in [3.8, 4) is 11.3 Å². The number of sulfone groups is 1. The van der Waals surface area contributed by atoms with Crippen molar-refractivity contribution in [2.45, 2.75) is 37.5 Å². The van der Waals surface area contributed by atoms with Gasteiger partial charge in [0, 0.05) is 17.2 Å². The summed E-state index contributed by atoms with van der Waals surface area (Å²) in [5.74, 6) is -0.417. The number of fused-ring (bicyclic) bond motifs is 1. The third kappa shape index (κ3) is 4.85. The van der Waals surface area contributed by atoms with E-state index in [0.29, 0.717) is 33.6 Å². The molecular weight excluding hydrogens is 425 g/mol. The highest BCUT2D eigenvalue weighted by Crippen LogP contribution is 2.28. The summed E-state index contributed by atoms with van der Waals surface area (Å²) >= 11 is -1.52. The van der Waals surface area contributed by atoms with E-state index in [0.717, 1.165) is 6.26 Å². The Labute approximate surface area is 178 Å². The van der Waals surface area contributed by atoms with Crippen LogP contribution in [0.4, 0.5) is 4.39 Å². The Morgan fingerprint density at radius 1 is 1.13 bits per heavy atom. The zero-order valence-electron chi connectivity index (χ0n) is 17.3. The maximum Gasteiger partial charge on any atom is 0.192 e. The van der Waals surface area contributed by atoms with Crippen LogP contribution in [0.15, 0.2) is 51.9 Å². The summed E-state index contributed by atoms with van der Waals surface area (Å²) in [7, 11) is -3.52. The molecule has 1 unspecified atom stereocenters. The van der Waals surface area contributed by atoms with Crippen LogP contribution in [-0.2, 0) is 21.2 Å². The van der Waals surface area contributed by atoms with Crippen LogP contribution in [0.1, 0.15) is 33.4 Å². The van der Waals surface area contributed by atoms with Crippen LogP contribution in [0.2, 0.25) is 0 Å². The lowest BCUT2D eigenvalue weighted by molar-refractivity contribution is 0.561. The lowest BCUT2D eigenvalue weighted by atomic mass is 10.0. The Balaban J connectivity index is 2.29. The first-order valence-electron chi connectivity index (χ1n) is 9.12. The maximum absolute atomic E-state index is 13.8. The van der Waals surface area contributed by atoms with Gasteiger partial charge in [-0.1, -0.05) is 10.5 Å². The van der Waals surface area contributed by atoms with E-state index >= 15 is 0 Å². The van der Waals surface area contributed by atoms with E-state index in [4.69, 9.17) is 0 Å². The second-order valence-electron chi connectivity index (χ2n) is 7.89. The molecule has 0 aliphatic rings. The van der Waals surface area contributed by atoms with E-state index in [1.54, 1.807) is 31.2 Å². The molecule has 0 amide bonds. The highest BCUT2D eigenvalue weighted by molar-refractivity contribution is 7.91. The van der Waals surface area contributed by atoms with Gasteiger partial charge in [0.25, 0.3) is 0 Å². The second kappa shape index (κ2) is 8.05. The average molecular weight is 448 g/mol. The van der Waals surface area contributed by atoms with Gasteiger partial charge in [-0.2, -0.15) is 0 Å². The molecule has 3 rings (SSSR count). The highest BCUT2D eigenvalue weighted by Gasteiger charge is 2.27. The second-order valence-corrected chi connectivity index (χ2v) is 11.8. The topological polar surface area (TPSA) is 95.3 Å². The molecule has 0 spiro atoms. The van der Waals surface area contributed by atoms with Gasteiger partial charge in [0.2, 0.25) is 0 Å². The molecule has 0 N–H and O–H groups in total. The average Bonchev–Trinajstić information content (AvgIpc) is 2.65. The van der Waals surface area contributed by atoms with Crippen molar-refractivity contribution in [3.05, 3.63) is 54.0 Å². The van der Waals surface area contributed by atoms with E-state index in [-0.39, 0.29) is 5.03 Å². The first kappa shape index (κ1) is 22.3. The van der Waals surface area contributed by atoms with Crippen LogP contribution in [0.25, 0.3) is 22.2 Å². The maximum atomic E-state index is 13.8. The molecule has 1 aromatic carbocycles. The van der Waals surface area contributed by atoms with Gasteiger partial charge in [-0.25, -0.2) is 22.8 Å². The zero-order valence-corrected chi connectivity index (χ0v) is 18.9. The fourth-order valence-electron chi connectivity index (χ4n) is 2.69. The fraction of sp³-hybridized carbons (Fsp3) is 0.286. The monoisotopic (exact) mass is 447 g/mol. The van der Waals surface area contributed by atoms with E-state index in [1.165, 1.54) is 18.2 Å². The van der Waals surface area contributed by atoms with Gasteiger partial charge in [-0.15, -0.1) is 0 Å². The number of pyridine rings is 2. The third-order valence-electron chi connectivity index (χ3n) is 4.24. The predicted molar refractivity (Wildman–Crippen MR) is 118 cm³/mol. The summed E-state index contributed by atoms with van der Waals surface area (Å²) in [5, 5.41) is 0.447. The summed E-state index contributed by atoms with van der Waals surface area (Å²) in [6, 6.07) is 10.5. The minimum Gasteiger partial charge on any atom is -0.591 e. The molecule has 0 aliphatic carbocycles. The fourth-order valence-corrected chi connectivity index (χ4v) is 3.89. The van der Waals surface area contributed by atoms with Gasteiger partial charge >= 0.3 is 0 Å². The highest BCUT2D eigenvalue weighted by atomic mass is 32.2. The van der Waals surface area contributed by atoms with Crippen LogP contribution < -0.4 is 0 Å². The molecule has 6 nitrogen and oxygen atoms in total. The van der Waals surface area contributed by atoms with Crippen molar-refractivity contribution in [2.24, 2.45) is 4.40 Å². The van der Waals surface area contributed by atoms with E-state index in [2.05, 4.69) is 14.4 Å². The summed E-state index contributed by atoms with van der Waals surface area (Å²) in [6.45, 7) is 7.13. The Morgan fingerprint density at radius 3 is 2.47 bits per heavy atom. The van der Waals surface area contributed by atoms with Crippen molar-refractivity contribution in [3.63, 3.8) is 0 Å². The number of hydrogen-bond acceptors (Lipinski definition) is 6. The molecule has 0 bridgehead atoms. The first-order valence-corrected chi connectivity index (χ1v) is 12.1. The standard InChI is InChI=1S/C21H22FN3O3S2/c1-13(25-29(26)21(2,3)4)20-16(12-14-11-15(22)9-10-17(14)24-20)18-7-6-8-19(23-18)30(5,27)28/h6-12H,1-5H3. The minimum absolute atomic E-state index is 0.0850. The van der Waals surface area contributed by atoms with Crippen LogP contribution in [0, 0.1) is 5.82 Å². The van der Waals surface area contributed by atoms with Crippen molar-refractivity contribution in [1.82, 2.24) is 9.97 Å². The molecule has 2 aromatic heterocycles. The lowest BCUT2D eigenvalue weighted by Gasteiger charge is -2.19. The molecule has 0 saturated carbocycles. The number of rotatable bonds is 4. The van der Waals surface area contributed by atoms with Gasteiger partial charge in [0.15, 0.2) is 14.9 Å². The number of nitrogens with zero attached hydrogens (tertiary/aromatic N) is 3. The van der Waals surface area contributed by atoms with E-state index in [9.17, 15) is 17.4 Å². The van der Waals surface area contributed by atoms with Gasteiger partial charge in [-0.3, -0.25) is 0 Å². The molecule has 2 heterocycles. The normalized spacial score (nSPS) is 14.2. The Kier molecular flexibility index (Phi) is 5.99. The molecule has 0 aliphatic heterocycles. The van der Waals surface area contributed by atoms with Gasteiger partial charge in [0.1, 0.15) is 27.6 Å². The van der Waals surface area contributed by atoms with Crippen LogP contribution in [-0.4, -0.2) is 39.7 Å². The molecule has 158 valence electrons. The van der Waals surface area contributed by atoms with Crippen molar-refractivity contribution >= 4 is 37.8 Å². The Hall–Kier alpha value is -2.36. The largest absolute Gasteiger partial charge is 0.591 e. The summed E-state index contributed by atoms with van der Waals surface area (Å²) in [4.78, 5) is 8.86. The Morgan fingerprint density at radius 2 is 1.83 bits per heavy atom. The minimum atomic E-state index is -3.52. The quantitative estimate of drug-likeness (QED) is 0.443. The number of halogens is 1. The molecule has 30 heavy (non-hydrogen) atoms. The van der Waals surface area contributed by atoms with Crippen molar-refractivity contribution < 1.29 is 17.4 Å². The number of hydrogen-bond donors (Lipinski definition) is 0. The first-order chi connectivity index (χ1) is 13.9. The molecule has 0 fully saturated rings. The molecule has 3 aromatic rings. The Bertz CT molecular complexity index is 1250. The van der Waals surface area contributed by atoms with E-state index in [1.807, 2.05) is 20.8 Å². The molecular formula is C21H22FN3O3S2. The zero-order chi connectivity index (χ0) is 22.3. The summed E-state index contributed by atoms with van der Waals surface area (Å²) in [5.41, 5.74) is 2.18. The SMILES string of the molecule is CC(=N[S+]([O-])C(C)(C)C)c1nc2ccc(F)cc2cc1-c1cccc(S(C)(=O)=O)n1. The van der Waals surface area contributed by atoms with Gasteiger partial charge < -0.3 is 4.55 Å². The molecule has 1 atom stereocenters. The number of benzene rings is 1. The van der Waals surface area contributed by atoms with Crippen LogP contribution >= 0.6 is 0 Å². The molecule has 9 heteroatoms. The lowest BCUT2D eigenvalue weighted by Crippen LogP contribution is -2.27. The van der Waals surface area contributed by atoms with Crippen molar-refractivity contribution in [1.29, 1.82) is 0 Å². The smallest absolute Gasteiger partial charge is 0.192 e. The summed E-state index contributed by atoms with van der Waals surface area (Å²) in [6.07, 6.45) is 1.08. The number of aromatic nitrogens is 2. The van der Waals surface area contributed by atoms with E-state index < -0.39 is 31.8 Å². The molecule has 0 radical (unpaired) electrons. The van der Waals surface area contributed by atoms with Crippen molar-refractivity contribution in [2.75, 3.05) is 6.26 Å². The van der Waals surface area contributed by atoms with Crippen LogP contribution in [0.5, 0.6) is 0 Å². The molecule has 0 saturated heterocycles. The predicted octanol–water partition coefficient (Wildman–Crippen LogP) is 4.11. The van der Waals surface area contributed by atoms with Gasteiger partial charge in [0.05, 0.1) is 16.9 Å². The third-order valence-corrected chi connectivity index (χ3v) is 6.72. The summed E-state index contributed by atoms with van der Waals surface area (Å²) < 4.78 is 54.0. The van der Waals surface area contributed by atoms with Crippen LogP contribution in [0.3, 0.4) is 0 Å².